The number of unbranched alkanes of at least 4 members (excludes halogenated alkanes) is 4. The van der Waals surface area contributed by atoms with Crippen LogP contribution in [-0.4, -0.2) is 30.7 Å². The number of amides is 3. The van der Waals surface area contributed by atoms with Crippen LogP contribution in [0.3, 0.4) is 0 Å². The molecule has 0 heterocycles. The van der Waals surface area contributed by atoms with Crippen LogP contribution in [0.4, 0.5) is 21.9 Å². The second-order valence-electron chi connectivity index (χ2n) is 8.44. The van der Waals surface area contributed by atoms with E-state index in [1.807, 2.05) is 54.6 Å². The second kappa shape index (κ2) is 13.2. The van der Waals surface area contributed by atoms with Gasteiger partial charge in [-0.05, 0) is 53.9 Å². The van der Waals surface area contributed by atoms with Crippen molar-refractivity contribution in [2.45, 2.75) is 39.0 Å². The predicted octanol–water partition coefficient (Wildman–Crippen LogP) is 6.33. The van der Waals surface area contributed by atoms with Crippen molar-refractivity contribution in [3.05, 3.63) is 78.4 Å². The molecule has 0 unspecified atom stereocenters. The molecular formula is C28H34N4O3. The number of hydrogen-bond acceptors (Lipinski definition) is 4. The van der Waals surface area contributed by atoms with E-state index in [2.05, 4.69) is 17.6 Å². The molecule has 3 aromatic carbocycles. The molecule has 7 nitrogen and oxygen atoms in total. The van der Waals surface area contributed by atoms with Crippen molar-refractivity contribution in [3.8, 4) is 11.1 Å². The van der Waals surface area contributed by atoms with E-state index in [9.17, 15) is 9.59 Å². The van der Waals surface area contributed by atoms with Crippen molar-refractivity contribution >= 4 is 29.0 Å². The molecule has 184 valence electrons. The highest BCUT2D eigenvalue weighted by Gasteiger charge is 2.12. The third-order valence-electron chi connectivity index (χ3n) is 5.87. The Labute approximate surface area is 207 Å². The molecule has 0 fully saturated rings. The number of benzene rings is 3. The number of carbonyl (C=O) groups is 2. The predicted molar refractivity (Wildman–Crippen MR) is 141 cm³/mol. The van der Waals surface area contributed by atoms with Gasteiger partial charge < -0.3 is 10.6 Å². The maximum atomic E-state index is 12.6. The van der Waals surface area contributed by atoms with E-state index in [-0.39, 0.29) is 6.03 Å². The summed E-state index contributed by atoms with van der Waals surface area (Å²) in [6.07, 6.45) is 5.80. The van der Waals surface area contributed by atoms with E-state index in [1.54, 1.807) is 35.6 Å². The highest BCUT2D eigenvalue weighted by atomic mass is 16.5. The first-order valence-corrected chi connectivity index (χ1v) is 12.1. The fourth-order valence-corrected chi connectivity index (χ4v) is 3.81. The molecular weight excluding hydrogens is 440 g/mol. The molecule has 3 amide bonds. The minimum Gasteiger partial charge on any atom is -0.355 e. The number of urea groups is 1. The zero-order valence-electron chi connectivity index (χ0n) is 20.4. The summed E-state index contributed by atoms with van der Waals surface area (Å²) in [6.45, 7) is 2.88. The summed E-state index contributed by atoms with van der Waals surface area (Å²) >= 11 is 0. The van der Waals surface area contributed by atoms with Crippen molar-refractivity contribution in [1.82, 2.24) is 10.8 Å². The molecule has 0 aromatic heterocycles. The second-order valence-corrected chi connectivity index (χ2v) is 8.44. The first-order valence-electron chi connectivity index (χ1n) is 12.1. The Balaban J connectivity index is 1.63. The summed E-state index contributed by atoms with van der Waals surface area (Å²) in [5.41, 5.74) is 6.22. The van der Waals surface area contributed by atoms with Gasteiger partial charge in [0, 0.05) is 25.0 Å². The highest BCUT2D eigenvalue weighted by Crippen LogP contribution is 2.27. The number of carbonyl (C=O) groups excluding carboxylic acids is 2. The Morgan fingerprint density at radius 1 is 0.857 bits per heavy atom. The van der Waals surface area contributed by atoms with E-state index < -0.39 is 5.91 Å². The third-order valence-corrected chi connectivity index (χ3v) is 5.87. The maximum absolute atomic E-state index is 12.6. The van der Waals surface area contributed by atoms with Crippen LogP contribution in [0.5, 0.6) is 0 Å². The van der Waals surface area contributed by atoms with Crippen molar-refractivity contribution in [3.63, 3.8) is 0 Å². The van der Waals surface area contributed by atoms with Gasteiger partial charge in [0.05, 0.1) is 11.3 Å². The number of rotatable bonds is 11. The fourth-order valence-electron chi connectivity index (χ4n) is 3.81. The van der Waals surface area contributed by atoms with Crippen LogP contribution in [0.2, 0.25) is 0 Å². The molecule has 0 bridgehead atoms. The number of anilines is 3. The van der Waals surface area contributed by atoms with Gasteiger partial charge in [0.1, 0.15) is 0 Å². The molecule has 0 atom stereocenters. The minimum atomic E-state index is -0.578. The van der Waals surface area contributed by atoms with Gasteiger partial charge in [0.15, 0.2) is 0 Å². The van der Waals surface area contributed by atoms with Crippen LogP contribution < -0.4 is 21.0 Å². The van der Waals surface area contributed by atoms with Gasteiger partial charge in [-0.25, -0.2) is 10.3 Å². The summed E-state index contributed by atoms with van der Waals surface area (Å²) in [6, 6.07) is 22.5. The average Bonchev–Trinajstić information content (AvgIpc) is 2.90. The average molecular weight is 475 g/mol. The number of nitrogens with one attached hydrogen (secondary N) is 3. The molecule has 0 aliphatic heterocycles. The standard InChI is InChI=1S/C28H34N4O3/c1-3-4-5-6-9-19-29-28(34)32(2)24-12-10-11-22(20-24)21-15-17-23(18-16-21)30-26-14-8-7-13-25(26)27(33)31-35/h7-8,10-18,20,30,35H,3-6,9,19H2,1-2H3,(H,29,34)(H,31,33). The monoisotopic (exact) mass is 474 g/mol. The Morgan fingerprint density at radius 3 is 2.34 bits per heavy atom. The van der Waals surface area contributed by atoms with Gasteiger partial charge in [-0.15, -0.1) is 0 Å². The van der Waals surface area contributed by atoms with Crippen LogP contribution in [-0.2, 0) is 0 Å². The maximum Gasteiger partial charge on any atom is 0.321 e. The van der Waals surface area contributed by atoms with Crippen LogP contribution in [0.1, 0.15) is 49.4 Å². The van der Waals surface area contributed by atoms with E-state index in [0.29, 0.717) is 17.8 Å². The number of para-hydroxylation sites is 1. The summed E-state index contributed by atoms with van der Waals surface area (Å²) in [7, 11) is 1.78. The summed E-state index contributed by atoms with van der Waals surface area (Å²) in [5.74, 6) is -0.578. The van der Waals surface area contributed by atoms with Crippen molar-refractivity contribution in [1.29, 1.82) is 0 Å². The topological polar surface area (TPSA) is 93.7 Å². The summed E-state index contributed by atoms with van der Waals surface area (Å²) in [5, 5.41) is 15.2. The first kappa shape index (κ1) is 25.8. The molecule has 0 radical (unpaired) electrons. The Hall–Kier alpha value is -3.84. The normalized spacial score (nSPS) is 10.5. The molecule has 3 aromatic rings. The van der Waals surface area contributed by atoms with E-state index in [0.717, 1.165) is 35.3 Å². The lowest BCUT2D eigenvalue weighted by Gasteiger charge is -2.19. The zero-order valence-corrected chi connectivity index (χ0v) is 20.4. The lowest BCUT2D eigenvalue weighted by atomic mass is 10.0. The minimum absolute atomic E-state index is 0.109. The van der Waals surface area contributed by atoms with Gasteiger partial charge in [-0.3, -0.25) is 14.9 Å². The molecule has 0 saturated heterocycles. The van der Waals surface area contributed by atoms with E-state index >= 15 is 0 Å². The Morgan fingerprint density at radius 2 is 1.60 bits per heavy atom. The van der Waals surface area contributed by atoms with Gasteiger partial charge in [0.2, 0.25) is 0 Å². The largest absolute Gasteiger partial charge is 0.355 e. The van der Waals surface area contributed by atoms with Crippen LogP contribution in [0.25, 0.3) is 11.1 Å². The van der Waals surface area contributed by atoms with E-state index in [4.69, 9.17) is 5.21 Å². The number of nitrogens with zero attached hydrogens (tertiary/aromatic N) is 1. The number of hydrogen-bond donors (Lipinski definition) is 4. The summed E-state index contributed by atoms with van der Waals surface area (Å²) in [4.78, 5) is 26.1. The molecule has 0 spiro atoms. The first-order chi connectivity index (χ1) is 17.0. The van der Waals surface area contributed by atoms with Crippen molar-refractivity contribution < 1.29 is 14.8 Å². The third kappa shape index (κ3) is 7.32. The molecule has 3 rings (SSSR count). The molecule has 0 aliphatic carbocycles. The smallest absolute Gasteiger partial charge is 0.321 e. The zero-order chi connectivity index (χ0) is 25.0. The van der Waals surface area contributed by atoms with Gasteiger partial charge >= 0.3 is 6.03 Å². The fraction of sp³-hybridized carbons (Fsp3) is 0.286. The molecule has 0 aliphatic rings. The molecule has 0 saturated carbocycles. The van der Waals surface area contributed by atoms with Gasteiger partial charge in [0.25, 0.3) is 5.91 Å². The summed E-state index contributed by atoms with van der Waals surface area (Å²) < 4.78 is 0. The quantitative estimate of drug-likeness (QED) is 0.148. The molecule has 7 heteroatoms. The van der Waals surface area contributed by atoms with Crippen molar-refractivity contribution in [2.75, 3.05) is 23.8 Å². The lowest BCUT2D eigenvalue weighted by Crippen LogP contribution is -2.37. The van der Waals surface area contributed by atoms with E-state index in [1.165, 1.54) is 19.3 Å². The van der Waals surface area contributed by atoms with Gasteiger partial charge in [-0.1, -0.05) is 69.0 Å². The Kier molecular flexibility index (Phi) is 9.69. The van der Waals surface area contributed by atoms with Crippen molar-refractivity contribution in [2.24, 2.45) is 0 Å². The molecule has 4 N–H and O–H groups in total. The highest BCUT2D eigenvalue weighted by molar-refractivity contribution is 5.99. The Bertz CT molecular complexity index is 1120. The van der Waals surface area contributed by atoms with Crippen LogP contribution in [0.15, 0.2) is 72.8 Å². The van der Waals surface area contributed by atoms with Gasteiger partial charge in [-0.2, -0.15) is 0 Å². The number of hydroxylamine groups is 1. The SMILES string of the molecule is CCCCCCCNC(=O)N(C)c1cccc(-c2ccc(Nc3ccccc3C(=O)NO)cc2)c1. The van der Waals surface area contributed by atoms with Crippen LogP contribution in [0, 0.1) is 0 Å². The lowest BCUT2D eigenvalue weighted by molar-refractivity contribution is 0.0707. The van der Waals surface area contributed by atoms with Crippen LogP contribution >= 0.6 is 0 Å². The molecule has 35 heavy (non-hydrogen) atoms.